The summed E-state index contributed by atoms with van der Waals surface area (Å²) in [6.45, 7) is 9.42. The van der Waals surface area contributed by atoms with Gasteiger partial charge in [0.1, 0.15) is 0 Å². The molecule has 5 heteroatoms. The van der Waals surface area contributed by atoms with E-state index in [2.05, 4.69) is 329 Å². The van der Waals surface area contributed by atoms with E-state index in [9.17, 15) is 0 Å². The lowest BCUT2D eigenvalue weighted by molar-refractivity contribution is 0.588. The lowest BCUT2D eigenvalue weighted by Gasteiger charge is -2.47. The summed E-state index contributed by atoms with van der Waals surface area (Å²) < 4.78 is 2.72. The minimum atomic E-state index is -0.632. The fraction of sp³-hybridized carbons (Fsp3) is 0.0750. The van der Waals surface area contributed by atoms with Crippen molar-refractivity contribution in [2.75, 3.05) is 9.80 Å². The molecule has 0 N–H and O–H groups in total. The summed E-state index contributed by atoms with van der Waals surface area (Å²) in [5.74, 6) is 0. The molecule has 16 rings (SSSR count). The van der Waals surface area contributed by atoms with Crippen LogP contribution in [0.4, 0.5) is 34.1 Å². The van der Waals surface area contributed by atoms with Crippen LogP contribution >= 0.6 is 11.3 Å². The first-order valence-electron chi connectivity index (χ1n) is 29.9. The summed E-state index contributed by atoms with van der Waals surface area (Å²) in [5, 5.41) is 1.33. The van der Waals surface area contributed by atoms with Crippen LogP contribution in [0.15, 0.2) is 291 Å². The molecule has 0 bridgehead atoms. The number of aryl methyl sites for hydroxylation is 1. The Balaban J connectivity index is 0.998. The molecule has 3 aliphatic rings. The number of anilines is 6. The molecule has 402 valence electrons. The molecular formula is C80H60B2N2S. The minimum absolute atomic E-state index is 0.0829. The molecule has 2 aliphatic heterocycles. The van der Waals surface area contributed by atoms with Crippen molar-refractivity contribution in [3.63, 3.8) is 0 Å². The van der Waals surface area contributed by atoms with Gasteiger partial charge in [-0.3, -0.25) is 0 Å². The second kappa shape index (κ2) is 20.0. The lowest BCUT2D eigenvalue weighted by atomic mass is 9.32. The largest absolute Gasteiger partial charge is 0.311 e. The summed E-state index contributed by atoms with van der Waals surface area (Å²) in [5.41, 5.74) is 27.9. The van der Waals surface area contributed by atoms with E-state index in [4.69, 9.17) is 0 Å². The molecular weight excluding hydrogens is 1040 g/mol. The Morgan fingerprint density at radius 3 is 1.61 bits per heavy atom. The van der Waals surface area contributed by atoms with Gasteiger partial charge < -0.3 is 9.80 Å². The van der Waals surface area contributed by atoms with Gasteiger partial charge in [-0.15, -0.1) is 11.3 Å². The number of rotatable bonds is 9. The van der Waals surface area contributed by atoms with E-state index in [1.54, 1.807) is 0 Å². The summed E-state index contributed by atoms with van der Waals surface area (Å²) >= 11 is 2.00. The van der Waals surface area contributed by atoms with Gasteiger partial charge in [0.2, 0.25) is 6.71 Å². The number of nitrogens with zero attached hydrogens (tertiary/aromatic N) is 2. The molecule has 1 spiro atoms. The number of hydrogen-bond donors (Lipinski definition) is 0. The average Bonchev–Trinajstić information content (AvgIpc) is 1.62. The third kappa shape index (κ3) is 8.08. The van der Waals surface area contributed by atoms with Crippen LogP contribution < -0.4 is 41.9 Å². The van der Waals surface area contributed by atoms with Crippen molar-refractivity contribution in [2.45, 2.75) is 38.5 Å². The van der Waals surface area contributed by atoms with Crippen molar-refractivity contribution < 1.29 is 0 Å². The van der Waals surface area contributed by atoms with Crippen LogP contribution in [0.1, 0.15) is 54.2 Å². The van der Waals surface area contributed by atoms with Gasteiger partial charge >= 0.3 is 0 Å². The number of para-hydroxylation sites is 1. The molecule has 0 unspecified atom stereocenters. The normalized spacial score (nSPS) is 13.2. The van der Waals surface area contributed by atoms with E-state index in [0.29, 0.717) is 0 Å². The maximum absolute atomic E-state index is 2.67. The maximum atomic E-state index is 2.67. The van der Waals surface area contributed by atoms with E-state index in [1.807, 2.05) is 11.3 Å². The summed E-state index contributed by atoms with van der Waals surface area (Å²) in [7, 11) is 0. The van der Waals surface area contributed by atoms with Crippen molar-refractivity contribution in [2.24, 2.45) is 0 Å². The van der Waals surface area contributed by atoms with Gasteiger partial charge in [0.15, 0.2) is 0 Å². The van der Waals surface area contributed by atoms with Gasteiger partial charge in [-0.1, -0.05) is 267 Å². The van der Waals surface area contributed by atoms with Crippen LogP contribution in [-0.4, -0.2) is 13.4 Å². The highest BCUT2D eigenvalue weighted by molar-refractivity contribution is 7.33. The van der Waals surface area contributed by atoms with Gasteiger partial charge in [0, 0.05) is 38.7 Å². The zero-order valence-corrected chi connectivity index (χ0v) is 49.0. The Morgan fingerprint density at radius 1 is 0.424 bits per heavy atom. The van der Waals surface area contributed by atoms with Crippen molar-refractivity contribution in [3.05, 3.63) is 325 Å². The fourth-order valence-electron chi connectivity index (χ4n) is 14.6. The molecule has 85 heavy (non-hydrogen) atoms. The Kier molecular flexibility index (Phi) is 12.0. The minimum Gasteiger partial charge on any atom is -0.311 e. The molecule has 2 nitrogen and oxygen atoms in total. The van der Waals surface area contributed by atoms with E-state index in [0.717, 1.165) is 22.7 Å². The molecule has 0 fully saturated rings. The topological polar surface area (TPSA) is 6.48 Å². The van der Waals surface area contributed by atoms with E-state index in [1.165, 1.54) is 120 Å². The Hall–Kier alpha value is -9.67. The van der Waals surface area contributed by atoms with Crippen molar-refractivity contribution in [3.8, 4) is 33.4 Å². The first-order chi connectivity index (χ1) is 41.7. The van der Waals surface area contributed by atoms with Crippen LogP contribution in [0, 0.1) is 6.92 Å². The summed E-state index contributed by atoms with van der Waals surface area (Å²) in [6, 6.07) is 110. The average molecular weight is 1100 g/mol. The Morgan fingerprint density at radius 2 is 0.976 bits per heavy atom. The zero-order chi connectivity index (χ0) is 57.0. The molecule has 0 saturated heterocycles. The molecule has 3 heterocycles. The quantitative estimate of drug-likeness (QED) is 0.133. The fourth-order valence-corrected chi connectivity index (χ4v) is 16.0. The van der Waals surface area contributed by atoms with E-state index >= 15 is 0 Å². The molecule has 1 aromatic heterocycles. The van der Waals surface area contributed by atoms with Gasteiger partial charge in [-0.2, -0.15) is 0 Å². The third-order valence-electron chi connectivity index (χ3n) is 18.4. The van der Waals surface area contributed by atoms with Crippen LogP contribution in [0.3, 0.4) is 0 Å². The zero-order valence-electron chi connectivity index (χ0n) is 48.2. The number of hydrogen-bond acceptors (Lipinski definition) is 3. The molecule has 0 saturated carbocycles. The molecule has 1 aliphatic carbocycles. The van der Waals surface area contributed by atoms with Crippen LogP contribution in [0.25, 0.3) is 43.5 Å². The molecule has 0 radical (unpaired) electrons. The van der Waals surface area contributed by atoms with E-state index in [-0.39, 0.29) is 18.8 Å². The number of benzene rings is 12. The van der Waals surface area contributed by atoms with Gasteiger partial charge in [-0.25, -0.2) is 0 Å². The van der Waals surface area contributed by atoms with Crippen molar-refractivity contribution in [1.29, 1.82) is 0 Å². The van der Waals surface area contributed by atoms with E-state index < -0.39 is 5.41 Å². The first-order valence-corrected chi connectivity index (χ1v) is 30.7. The first kappa shape index (κ1) is 51.0. The monoisotopic (exact) mass is 1100 g/mol. The second-order valence-electron chi connectivity index (χ2n) is 24.4. The molecule has 0 atom stereocenters. The third-order valence-corrected chi connectivity index (χ3v) is 19.7. The predicted octanol–water partition coefficient (Wildman–Crippen LogP) is 16.8. The SMILES string of the molecule is Cc1ccc(N2c3cc(N(c4ccccc4)c4ccc(B(c5ccccc5)c5ccccc5)cc4)ccc3B3c4sc5ccc(-c6ccccc6)cc5c4C4(c5ccccc5-c5ccccc54)c4cc(C(C)(C)C)cc2c43)c(-c2ccccc2)c1. The Labute approximate surface area is 504 Å². The van der Waals surface area contributed by atoms with Gasteiger partial charge in [0.25, 0.3) is 6.71 Å². The van der Waals surface area contributed by atoms with Crippen LogP contribution in [0.2, 0.25) is 0 Å². The van der Waals surface area contributed by atoms with Gasteiger partial charge in [-0.05, 0) is 156 Å². The summed E-state index contributed by atoms with van der Waals surface area (Å²) in [4.78, 5) is 5.13. The molecule has 13 aromatic rings. The highest BCUT2D eigenvalue weighted by atomic mass is 32.1. The second-order valence-corrected chi connectivity index (χ2v) is 25.5. The smallest absolute Gasteiger partial charge is 0.259 e. The number of fused-ring (bicyclic) bond motifs is 13. The summed E-state index contributed by atoms with van der Waals surface area (Å²) in [6.07, 6.45) is 0. The van der Waals surface area contributed by atoms with Crippen molar-refractivity contribution >= 4 is 101 Å². The van der Waals surface area contributed by atoms with Gasteiger partial charge in [0.05, 0.1) is 11.1 Å². The standard InChI is InChI=1S/C80H60B2N2S/c1-53-38-46-72(66(48-53)55-26-12-6-13-27-55)84-73-52-63(83(61-32-18-9-19-33-61)62-42-40-60(41-43-62)81(58-28-14-7-15-29-58)59-30-16-8-17-31-59)44-45-71(73)82-77-70(50-57(51-74(77)84)79(2,3)4)80(68-36-22-20-34-64(68)65-35-21-23-37-69(65)80)76-67-49-56(54-24-10-5-11-25-54)39-47-75(67)85-78(76)82/h5-52H,1-4H3. The Bertz CT molecular complexity index is 4620. The highest BCUT2D eigenvalue weighted by Gasteiger charge is 2.57. The van der Waals surface area contributed by atoms with Crippen molar-refractivity contribution in [1.82, 2.24) is 0 Å². The van der Waals surface area contributed by atoms with Crippen LogP contribution in [-0.2, 0) is 10.8 Å². The van der Waals surface area contributed by atoms with Crippen LogP contribution in [0.5, 0.6) is 0 Å². The lowest BCUT2D eigenvalue weighted by Crippen LogP contribution is -2.64. The molecule has 0 amide bonds. The highest BCUT2D eigenvalue weighted by Crippen LogP contribution is 2.60. The maximum Gasteiger partial charge on any atom is 0.259 e. The molecule has 12 aromatic carbocycles. The predicted molar refractivity (Wildman–Crippen MR) is 365 cm³/mol. The number of thiophene rings is 1.